The van der Waals surface area contributed by atoms with Gasteiger partial charge in [-0.1, -0.05) is 24.3 Å². The van der Waals surface area contributed by atoms with Crippen LogP contribution in [0.25, 0.3) is 6.08 Å². The van der Waals surface area contributed by atoms with Crippen LogP contribution in [0.4, 0.5) is 5.69 Å². The highest BCUT2D eigenvalue weighted by atomic mass is 32.1. The molecule has 3 rings (SSSR count). The highest BCUT2D eigenvalue weighted by Crippen LogP contribution is 2.33. The van der Waals surface area contributed by atoms with Crippen LogP contribution >= 0.6 is 12.2 Å². The van der Waals surface area contributed by atoms with E-state index in [0.717, 1.165) is 16.8 Å². The number of para-hydroxylation sites is 1. The van der Waals surface area contributed by atoms with Crippen LogP contribution in [0.1, 0.15) is 23.6 Å². The number of nitrogens with one attached hydrogen (secondary N) is 1. The van der Waals surface area contributed by atoms with Crippen molar-refractivity contribution in [3.63, 3.8) is 0 Å². The molecule has 0 atom stereocenters. The van der Waals surface area contributed by atoms with Crippen molar-refractivity contribution in [1.82, 2.24) is 5.32 Å². The molecule has 1 aliphatic heterocycles. The Morgan fingerprint density at radius 1 is 1.23 bits per heavy atom. The lowest BCUT2D eigenvalue weighted by Crippen LogP contribution is -2.31. The summed E-state index contributed by atoms with van der Waals surface area (Å²) in [5.41, 5.74) is 3.62. The van der Waals surface area contributed by atoms with E-state index in [2.05, 4.69) is 5.32 Å². The molecule has 1 saturated heterocycles. The molecule has 0 aliphatic carbocycles. The van der Waals surface area contributed by atoms with Crippen molar-refractivity contribution in [2.45, 2.75) is 20.8 Å². The molecule has 0 radical (unpaired) electrons. The quantitative estimate of drug-likeness (QED) is 0.637. The molecular weight excluding hydrogens is 348 g/mol. The second kappa shape index (κ2) is 7.17. The summed E-state index contributed by atoms with van der Waals surface area (Å²) in [6.45, 7) is 6.23. The number of hydrogen-bond donors (Lipinski definition) is 2. The minimum atomic E-state index is -0.259. The summed E-state index contributed by atoms with van der Waals surface area (Å²) in [4.78, 5) is 14.4. The number of anilines is 1. The van der Waals surface area contributed by atoms with E-state index in [-0.39, 0.29) is 11.7 Å². The first kappa shape index (κ1) is 17.9. The molecule has 6 heteroatoms. The number of phenols is 1. The van der Waals surface area contributed by atoms with Crippen LogP contribution in [0, 0.1) is 13.8 Å². The van der Waals surface area contributed by atoms with E-state index in [0.29, 0.717) is 28.7 Å². The number of rotatable bonds is 4. The first-order valence-corrected chi connectivity index (χ1v) is 8.73. The first-order valence-electron chi connectivity index (χ1n) is 8.32. The van der Waals surface area contributed by atoms with E-state index in [1.54, 1.807) is 24.3 Å². The van der Waals surface area contributed by atoms with E-state index >= 15 is 0 Å². The zero-order chi connectivity index (χ0) is 18.8. The minimum Gasteiger partial charge on any atom is -0.504 e. The van der Waals surface area contributed by atoms with E-state index in [1.807, 2.05) is 39.0 Å². The van der Waals surface area contributed by atoms with Crippen molar-refractivity contribution >= 4 is 35.0 Å². The van der Waals surface area contributed by atoms with Crippen LogP contribution in [-0.2, 0) is 4.79 Å². The van der Waals surface area contributed by atoms with E-state index in [9.17, 15) is 9.90 Å². The number of amides is 1. The number of nitrogens with zero attached hydrogens (tertiary/aromatic N) is 1. The Hall–Kier alpha value is -2.86. The lowest BCUT2D eigenvalue weighted by molar-refractivity contribution is -0.113. The highest BCUT2D eigenvalue weighted by molar-refractivity contribution is 7.80. The van der Waals surface area contributed by atoms with Crippen molar-refractivity contribution in [2.75, 3.05) is 11.5 Å². The largest absolute Gasteiger partial charge is 0.504 e. The summed E-state index contributed by atoms with van der Waals surface area (Å²) in [6.07, 6.45) is 1.58. The van der Waals surface area contributed by atoms with Gasteiger partial charge >= 0.3 is 0 Å². The average molecular weight is 368 g/mol. The third-order valence-electron chi connectivity index (χ3n) is 4.33. The van der Waals surface area contributed by atoms with E-state index in [1.165, 1.54) is 4.90 Å². The maximum Gasteiger partial charge on any atom is 0.281 e. The van der Waals surface area contributed by atoms with E-state index < -0.39 is 0 Å². The Balaban J connectivity index is 1.98. The van der Waals surface area contributed by atoms with Crippen molar-refractivity contribution in [3.8, 4) is 11.5 Å². The fraction of sp³-hybridized carbons (Fsp3) is 0.200. The zero-order valence-electron chi connectivity index (χ0n) is 14.9. The SMILES string of the molecule is CCOc1cccc(/C=C2\NC(=S)N(c3cccc(C)c3C)C2=O)c1O. The standard InChI is InChI=1S/C20H20N2O3S/c1-4-25-17-10-6-8-14(18(17)23)11-15-19(24)22(20(26)21-15)16-9-5-7-12(2)13(16)3/h5-11,23H,4H2,1-3H3,(H,21,26)/b15-11-. The van der Waals surface area contributed by atoms with Gasteiger partial charge in [-0.3, -0.25) is 9.69 Å². The Labute approximate surface area is 157 Å². The van der Waals surface area contributed by atoms with Gasteiger partial charge in [0.25, 0.3) is 5.91 Å². The summed E-state index contributed by atoms with van der Waals surface area (Å²) in [5, 5.41) is 13.6. The fourth-order valence-corrected chi connectivity index (χ4v) is 3.11. The molecule has 0 bridgehead atoms. The highest BCUT2D eigenvalue weighted by Gasteiger charge is 2.33. The molecule has 134 valence electrons. The third-order valence-corrected chi connectivity index (χ3v) is 4.61. The number of ether oxygens (including phenoxy) is 1. The predicted octanol–water partition coefficient (Wildman–Crippen LogP) is 3.67. The molecule has 26 heavy (non-hydrogen) atoms. The smallest absolute Gasteiger partial charge is 0.281 e. The minimum absolute atomic E-state index is 0.00689. The van der Waals surface area contributed by atoms with E-state index in [4.69, 9.17) is 17.0 Å². The van der Waals surface area contributed by atoms with Gasteiger partial charge in [0.05, 0.1) is 12.3 Å². The molecule has 1 heterocycles. The summed E-state index contributed by atoms with van der Waals surface area (Å²) in [6, 6.07) is 10.9. The van der Waals surface area contributed by atoms with Gasteiger partial charge in [-0.15, -0.1) is 0 Å². The number of phenolic OH excluding ortho intramolecular Hbond substituents is 1. The second-order valence-corrected chi connectivity index (χ2v) is 6.36. The number of carbonyl (C=O) groups is 1. The summed E-state index contributed by atoms with van der Waals surface area (Å²) in [5.74, 6) is 0.110. The Morgan fingerprint density at radius 2 is 1.96 bits per heavy atom. The van der Waals surface area contributed by atoms with Crippen LogP contribution in [0.15, 0.2) is 42.1 Å². The Bertz CT molecular complexity index is 921. The summed E-state index contributed by atoms with van der Waals surface area (Å²) < 4.78 is 5.39. The lowest BCUT2D eigenvalue weighted by atomic mass is 10.1. The number of carbonyl (C=O) groups excluding carboxylic acids is 1. The molecule has 2 aromatic rings. The van der Waals surface area contributed by atoms with Gasteiger partial charge in [0.2, 0.25) is 0 Å². The summed E-state index contributed by atoms with van der Waals surface area (Å²) >= 11 is 5.36. The molecule has 1 fully saturated rings. The van der Waals surface area contributed by atoms with Gasteiger partial charge in [-0.05, 0) is 62.3 Å². The molecule has 0 aromatic heterocycles. The Kier molecular flexibility index (Phi) is 4.95. The van der Waals surface area contributed by atoms with Crippen LogP contribution in [0.5, 0.6) is 11.5 Å². The molecule has 2 aromatic carbocycles. The molecule has 0 spiro atoms. The maximum absolute atomic E-state index is 12.9. The van der Waals surface area contributed by atoms with Gasteiger partial charge in [0.1, 0.15) is 5.70 Å². The average Bonchev–Trinajstić information content (AvgIpc) is 2.88. The van der Waals surface area contributed by atoms with Crippen molar-refractivity contribution in [3.05, 3.63) is 58.8 Å². The third kappa shape index (κ3) is 3.15. The fourth-order valence-electron chi connectivity index (χ4n) is 2.81. The molecule has 0 unspecified atom stereocenters. The molecular formula is C20H20N2O3S. The topological polar surface area (TPSA) is 61.8 Å². The lowest BCUT2D eigenvalue weighted by Gasteiger charge is -2.18. The van der Waals surface area contributed by atoms with Crippen molar-refractivity contribution in [2.24, 2.45) is 0 Å². The van der Waals surface area contributed by atoms with Gasteiger partial charge in [-0.25, -0.2) is 0 Å². The molecule has 0 saturated carbocycles. The van der Waals surface area contributed by atoms with Gasteiger partial charge < -0.3 is 15.2 Å². The van der Waals surface area contributed by atoms with Crippen LogP contribution < -0.4 is 15.0 Å². The number of aryl methyl sites for hydroxylation is 1. The van der Waals surface area contributed by atoms with Gasteiger partial charge in [0, 0.05) is 5.56 Å². The van der Waals surface area contributed by atoms with Crippen LogP contribution in [-0.4, -0.2) is 22.7 Å². The van der Waals surface area contributed by atoms with Crippen molar-refractivity contribution in [1.29, 1.82) is 0 Å². The molecule has 2 N–H and O–H groups in total. The normalized spacial score (nSPS) is 15.5. The predicted molar refractivity (Wildman–Crippen MR) is 106 cm³/mol. The molecule has 5 nitrogen and oxygen atoms in total. The number of benzene rings is 2. The maximum atomic E-state index is 12.9. The monoisotopic (exact) mass is 368 g/mol. The zero-order valence-corrected chi connectivity index (χ0v) is 15.7. The second-order valence-electron chi connectivity index (χ2n) is 5.97. The van der Waals surface area contributed by atoms with Crippen LogP contribution in [0.2, 0.25) is 0 Å². The summed E-state index contributed by atoms with van der Waals surface area (Å²) in [7, 11) is 0. The number of hydrogen-bond acceptors (Lipinski definition) is 4. The molecule has 1 aliphatic rings. The Morgan fingerprint density at radius 3 is 2.69 bits per heavy atom. The number of thiocarbonyl (C=S) groups is 1. The van der Waals surface area contributed by atoms with Crippen molar-refractivity contribution < 1.29 is 14.6 Å². The molecule has 1 amide bonds. The first-order chi connectivity index (χ1) is 12.4. The van der Waals surface area contributed by atoms with Gasteiger partial charge in [-0.2, -0.15) is 0 Å². The van der Waals surface area contributed by atoms with Crippen LogP contribution in [0.3, 0.4) is 0 Å². The number of aromatic hydroxyl groups is 1. The van der Waals surface area contributed by atoms with Gasteiger partial charge in [0.15, 0.2) is 16.6 Å².